The Balaban J connectivity index is 2.27. The highest BCUT2D eigenvalue weighted by Crippen LogP contribution is 2.26. The van der Waals surface area contributed by atoms with Crippen molar-refractivity contribution in [2.45, 2.75) is 19.0 Å². The maximum Gasteiger partial charge on any atom is 0.243 e. The Morgan fingerprint density at radius 3 is 2.23 bits per heavy atom. The second kappa shape index (κ2) is 7.43. The lowest BCUT2D eigenvalue weighted by Gasteiger charge is -2.26. The van der Waals surface area contributed by atoms with Crippen molar-refractivity contribution in [3.63, 3.8) is 0 Å². The maximum absolute atomic E-state index is 12.5. The fourth-order valence-electron chi connectivity index (χ4n) is 2.38. The standard InChI is InChI=1S/C18H21ClN2O/c1-13(15-11-7-8-12-16(15)19)20-17(18(22)21(2)3)14-9-5-4-6-10-14/h4-13,17,20H,1-3H3/t13-,17-/m0/s1. The zero-order valence-electron chi connectivity index (χ0n) is 13.1. The summed E-state index contributed by atoms with van der Waals surface area (Å²) in [5.74, 6) is 0.0186. The van der Waals surface area contributed by atoms with Crippen molar-refractivity contribution >= 4 is 17.5 Å². The van der Waals surface area contributed by atoms with E-state index in [-0.39, 0.29) is 11.9 Å². The Morgan fingerprint density at radius 1 is 1.05 bits per heavy atom. The second-order valence-electron chi connectivity index (χ2n) is 5.49. The van der Waals surface area contributed by atoms with Crippen LogP contribution in [0.15, 0.2) is 54.6 Å². The SMILES string of the molecule is C[C@H](N[C@H](C(=O)N(C)C)c1ccccc1)c1ccccc1Cl. The van der Waals surface area contributed by atoms with Crippen LogP contribution in [0.1, 0.15) is 30.1 Å². The Morgan fingerprint density at radius 2 is 1.64 bits per heavy atom. The van der Waals surface area contributed by atoms with Gasteiger partial charge in [-0.15, -0.1) is 0 Å². The summed E-state index contributed by atoms with van der Waals surface area (Å²) in [5.41, 5.74) is 1.93. The van der Waals surface area contributed by atoms with Gasteiger partial charge in [-0.3, -0.25) is 10.1 Å². The van der Waals surface area contributed by atoms with Crippen molar-refractivity contribution in [3.05, 3.63) is 70.7 Å². The third-order valence-corrected chi connectivity index (χ3v) is 3.95. The van der Waals surface area contributed by atoms with Gasteiger partial charge in [0.05, 0.1) is 0 Å². The van der Waals surface area contributed by atoms with Crippen LogP contribution in [0.25, 0.3) is 0 Å². The topological polar surface area (TPSA) is 32.3 Å². The Hall–Kier alpha value is -1.84. The molecule has 1 N–H and O–H groups in total. The van der Waals surface area contributed by atoms with Crippen molar-refractivity contribution in [1.82, 2.24) is 10.2 Å². The average molecular weight is 317 g/mol. The van der Waals surface area contributed by atoms with Gasteiger partial charge in [0.15, 0.2) is 0 Å². The second-order valence-corrected chi connectivity index (χ2v) is 5.89. The lowest BCUT2D eigenvalue weighted by atomic mass is 10.0. The molecule has 0 heterocycles. The van der Waals surface area contributed by atoms with Gasteiger partial charge < -0.3 is 4.90 Å². The molecule has 0 bridgehead atoms. The Kier molecular flexibility index (Phi) is 5.58. The van der Waals surface area contributed by atoms with Crippen LogP contribution in [0.2, 0.25) is 5.02 Å². The molecule has 0 aliphatic heterocycles. The van der Waals surface area contributed by atoms with Crippen LogP contribution in [0.3, 0.4) is 0 Å². The first-order valence-corrected chi connectivity index (χ1v) is 7.65. The number of rotatable bonds is 5. The molecule has 0 radical (unpaired) electrons. The van der Waals surface area contributed by atoms with Crippen molar-refractivity contribution < 1.29 is 4.79 Å². The smallest absolute Gasteiger partial charge is 0.243 e. The third kappa shape index (κ3) is 3.87. The molecule has 3 nitrogen and oxygen atoms in total. The first-order chi connectivity index (χ1) is 10.5. The zero-order chi connectivity index (χ0) is 16.1. The first-order valence-electron chi connectivity index (χ1n) is 7.27. The van der Waals surface area contributed by atoms with Crippen LogP contribution in [0.5, 0.6) is 0 Å². The van der Waals surface area contributed by atoms with E-state index in [0.29, 0.717) is 5.02 Å². The van der Waals surface area contributed by atoms with E-state index < -0.39 is 6.04 Å². The number of halogens is 1. The van der Waals surface area contributed by atoms with Crippen molar-refractivity contribution in [3.8, 4) is 0 Å². The van der Waals surface area contributed by atoms with Crippen LogP contribution in [-0.4, -0.2) is 24.9 Å². The normalized spacial score (nSPS) is 13.5. The van der Waals surface area contributed by atoms with Crippen LogP contribution in [0.4, 0.5) is 0 Å². The van der Waals surface area contributed by atoms with Gasteiger partial charge in [0.25, 0.3) is 0 Å². The molecule has 0 spiro atoms. The molecule has 22 heavy (non-hydrogen) atoms. The van der Waals surface area contributed by atoms with E-state index in [0.717, 1.165) is 11.1 Å². The molecule has 4 heteroatoms. The lowest BCUT2D eigenvalue weighted by Crippen LogP contribution is -2.38. The van der Waals surface area contributed by atoms with Crippen LogP contribution in [0, 0.1) is 0 Å². The van der Waals surface area contributed by atoms with Gasteiger partial charge in [-0.05, 0) is 24.1 Å². The molecule has 0 saturated carbocycles. The maximum atomic E-state index is 12.5. The summed E-state index contributed by atoms with van der Waals surface area (Å²) >= 11 is 6.26. The lowest BCUT2D eigenvalue weighted by molar-refractivity contribution is -0.131. The van der Waals surface area contributed by atoms with Gasteiger partial charge >= 0.3 is 0 Å². The van der Waals surface area contributed by atoms with Crippen LogP contribution in [-0.2, 0) is 4.79 Å². The molecule has 2 atom stereocenters. The number of likely N-dealkylation sites (N-methyl/N-ethyl adjacent to an activating group) is 1. The van der Waals surface area contributed by atoms with Gasteiger partial charge in [-0.2, -0.15) is 0 Å². The highest BCUT2D eigenvalue weighted by Gasteiger charge is 2.24. The van der Waals surface area contributed by atoms with Gasteiger partial charge in [0.2, 0.25) is 5.91 Å². The minimum Gasteiger partial charge on any atom is -0.347 e. The van der Waals surface area contributed by atoms with Gasteiger partial charge in [0.1, 0.15) is 6.04 Å². The monoisotopic (exact) mass is 316 g/mol. The predicted octanol–water partition coefficient (Wildman–Crippen LogP) is 3.82. The van der Waals surface area contributed by atoms with E-state index >= 15 is 0 Å². The molecule has 0 aliphatic carbocycles. The fourth-order valence-corrected chi connectivity index (χ4v) is 2.68. The summed E-state index contributed by atoms with van der Waals surface area (Å²) in [6.45, 7) is 2.01. The number of nitrogens with zero attached hydrogens (tertiary/aromatic N) is 1. The molecule has 2 aromatic rings. The van der Waals surface area contributed by atoms with Crippen LogP contribution >= 0.6 is 11.6 Å². The van der Waals surface area contributed by atoms with Crippen LogP contribution < -0.4 is 5.32 Å². The minimum atomic E-state index is -0.400. The molecule has 2 rings (SSSR count). The molecular formula is C18H21ClN2O. The van der Waals surface area contributed by atoms with Gasteiger partial charge in [-0.1, -0.05) is 60.1 Å². The van der Waals surface area contributed by atoms with E-state index in [1.54, 1.807) is 19.0 Å². The van der Waals surface area contributed by atoms with E-state index in [2.05, 4.69) is 5.32 Å². The Bertz CT molecular complexity index is 628. The molecule has 2 aromatic carbocycles. The van der Waals surface area contributed by atoms with E-state index in [1.807, 2.05) is 61.5 Å². The van der Waals surface area contributed by atoms with Crippen molar-refractivity contribution in [1.29, 1.82) is 0 Å². The van der Waals surface area contributed by atoms with Crippen molar-refractivity contribution in [2.75, 3.05) is 14.1 Å². The summed E-state index contributed by atoms with van der Waals surface area (Å²) in [7, 11) is 3.53. The number of amides is 1. The summed E-state index contributed by atoms with van der Waals surface area (Å²) in [6.07, 6.45) is 0. The number of hydrogen-bond donors (Lipinski definition) is 1. The van der Waals surface area contributed by atoms with Gasteiger partial charge in [0, 0.05) is 25.2 Å². The molecule has 116 valence electrons. The summed E-state index contributed by atoms with van der Waals surface area (Å²) < 4.78 is 0. The predicted molar refractivity (Wildman–Crippen MR) is 90.9 cm³/mol. The van der Waals surface area contributed by atoms with Crippen molar-refractivity contribution in [2.24, 2.45) is 0 Å². The first kappa shape index (κ1) is 16.5. The Labute approximate surface area is 136 Å². The summed E-state index contributed by atoms with van der Waals surface area (Å²) in [6, 6.07) is 17.0. The molecular weight excluding hydrogens is 296 g/mol. The fraction of sp³-hybridized carbons (Fsp3) is 0.278. The largest absolute Gasteiger partial charge is 0.347 e. The number of carbonyl (C=O) groups is 1. The highest BCUT2D eigenvalue weighted by atomic mass is 35.5. The van der Waals surface area contributed by atoms with E-state index in [1.165, 1.54) is 0 Å². The van der Waals surface area contributed by atoms with E-state index in [9.17, 15) is 4.79 Å². The number of hydrogen-bond acceptors (Lipinski definition) is 2. The van der Waals surface area contributed by atoms with Gasteiger partial charge in [-0.25, -0.2) is 0 Å². The minimum absolute atomic E-state index is 0.0186. The molecule has 0 aliphatic rings. The highest BCUT2D eigenvalue weighted by molar-refractivity contribution is 6.31. The molecule has 0 saturated heterocycles. The van der Waals surface area contributed by atoms with E-state index in [4.69, 9.17) is 11.6 Å². The number of benzene rings is 2. The summed E-state index contributed by atoms with van der Waals surface area (Å²) in [4.78, 5) is 14.1. The quantitative estimate of drug-likeness (QED) is 0.909. The average Bonchev–Trinajstić information content (AvgIpc) is 2.53. The zero-order valence-corrected chi connectivity index (χ0v) is 13.8. The summed E-state index contributed by atoms with van der Waals surface area (Å²) in [5, 5.41) is 4.10. The molecule has 1 amide bonds. The third-order valence-electron chi connectivity index (χ3n) is 3.61. The number of carbonyl (C=O) groups excluding carboxylic acids is 1. The molecule has 0 fully saturated rings. The number of nitrogens with one attached hydrogen (secondary N) is 1. The molecule has 0 unspecified atom stereocenters. The molecule has 0 aromatic heterocycles.